The Kier molecular flexibility index (Phi) is 4.43. The number of nitrogens with zero attached hydrogens (tertiary/aromatic N) is 1. The van der Waals surface area contributed by atoms with Gasteiger partial charge in [0, 0.05) is 22.7 Å². The molecule has 1 saturated heterocycles. The molecule has 0 saturated carbocycles. The third-order valence-corrected chi connectivity index (χ3v) is 5.57. The molecule has 4 rings (SSSR count). The van der Waals surface area contributed by atoms with E-state index in [1.165, 1.54) is 0 Å². The lowest BCUT2D eigenvalue weighted by Gasteiger charge is -2.38. The molecule has 3 aromatic rings. The van der Waals surface area contributed by atoms with Crippen molar-refractivity contribution in [1.82, 2.24) is 9.79 Å². The standard InChI is InChI=1S/C21H23BN2O2/c1-22(26)24-13-5-11-21(24,15-16-6-3-2-4-7-16)20(25)18-8-9-19-17(14-18)10-12-23-19/h2-4,6-10,12,14,23,26H,5,11,13,15H2,1H3. The molecule has 1 aliphatic rings. The van der Waals surface area contributed by atoms with Gasteiger partial charge in [0.05, 0.1) is 5.54 Å². The van der Waals surface area contributed by atoms with Crippen molar-refractivity contribution in [3.63, 3.8) is 0 Å². The normalized spacial score (nSPS) is 20.5. The fourth-order valence-electron chi connectivity index (χ4n) is 4.35. The summed E-state index contributed by atoms with van der Waals surface area (Å²) in [6, 6.07) is 17.9. The molecule has 1 aromatic heterocycles. The van der Waals surface area contributed by atoms with Gasteiger partial charge in [-0.3, -0.25) is 4.79 Å². The van der Waals surface area contributed by atoms with Gasteiger partial charge in [-0.15, -0.1) is 0 Å². The number of hydrogen-bond donors (Lipinski definition) is 2. The number of H-pyrrole nitrogens is 1. The molecule has 1 unspecified atom stereocenters. The highest BCUT2D eigenvalue weighted by Crippen LogP contribution is 2.37. The number of nitrogens with one attached hydrogen (secondary N) is 1. The molecule has 0 radical (unpaired) electrons. The molecular weight excluding hydrogens is 323 g/mol. The topological polar surface area (TPSA) is 56.3 Å². The summed E-state index contributed by atoms with van der Waals surface area (Å²) >= 11 is 0. The molecule has 5 heteroatoms. The smallest absolute Gasteiger partial charge is 0.377 e. The summed E-state index contributed by atoms with van der Waals surface area (Å²) in [4.78, 5) is 18.8. The van der Waals surface area contributed by atoms with E-state index in [4.69, 9.17) is 0 Å². The van der Waals surface area contributed by atoms with Gasteiger partial charge in [0.2, 0.25) is 0 Å². The van der Waals surface area contributed by atoms with E-state index in [0.29, 0.717) is 12.0 Å². The molecule has 132 valence electrons. The first-order valence-electron chi connectivity index (χ1n) is 9.21. The predicted octanol–water partition coefficient (Wildman–Crippen LogP) is 3.54. The van der Waals surface area contributed by atoms with Crippen LogP contribution in [0.15, 0.2) is 60.8 Å². The third kappa shape index (κ3) is 2.87. The van der Waals surface area contributed by atoms with Crippen molar-refractivity contribution in [2.24, 2.45) is 0 Å². The van der Waals surface area contributed by atoms with Crippen molar-refractivity contribution in [3.8, 4) is 0 Å². The van der Waals surface area contributed by atoms with Gasteiger partial charge in [-0.05, 0) is 62.5 Å². The van der Waals surface area contributed by atoms with Gasteiger partial charge in [-0.25, -0.2) is 0 Å². The molecule has 4 nitrogen and oxygen atoms in total. The number of Topliss-reactive ketones (excluding diaryl/α,β-unsaturated/α-hetero) is 1. The molecule has 2 N–H and O–H groups in total. The molecular formula is C21H23BN2O2. The lowest BCUT2D eigenvalue weighted by Crippen LogP contribution is -2.57. The number of aromatic amines is 1. The minimum atomic E-state index is -0.695. The molecule has 1 aliphatic heterocycles. The van der Waals surface area contributed by atoms with Crippen LogP contribution in [0.4, 0.5) is 0 Å². The Morgan fingerprint density at radius 2 is 2.04 bits per heavy atom. The van der Waals surface area contributed by atoms with E-state index in [0.717, 1.165) is 35.9 Å². The van der Waals surface area contributed by atoms with Crippen LogP contribution in [0.5, 0.6) is 0 Å². The van der Waals surface area contributed by atoms with Gasteiger partial charge in [-0.1, -0.05) is 30.3 Å². The molecule has 0 amide bonds. The molecule has 26 heavy (non-hydrogen) atoms. The monoisotopic (exact) mass is 346 g/mol. The first kappa shape index (κ1) is 17.1. The van der Waals surface area contributed by atoms with Gasteiger partial charge >= 0.3 is 7.05 Å². The highest BCUT2D eigenvalue weighted by atomic mass is 16.2. The average molecular weight is 346 g/mol. The van der Waals surface area contributed by atoms with Gasteiger partial charge < -0.3 is 14.8 Å². The minimum Gasteiger partial charge on any atom is -0.437 e. The summed E-state index contributed by atoms with van der Waals surface area (Å²) in [7, 11) is -0.652. The van der Waals surface area contributed by atoms with E-state index < -0.39 is 12.6 Å². The second-order valence-electron chi connectivity index (χ2n) is 7.23. The molecule has 1 atom stereocenters. The summed E-state index contributed by atoms with van der Waals surface area (Å²) in [5.41, 5.74) is 2.16. The van der Waals surface area contributed by atoms with E-state index in [-0.39, 0.29) is 5.78 Å². The SMILES string of the molecule is CB(O)N1CCCC1(Cc1ccccc1)C(=O)c1ccc2[nH]ccc2c1. The van der Waals surface area contributed by atoms with Crippen LogP contribution in [0.25, 0.3) is 10.9 Å². The fourth-order valence-corrected chi connectivity index (χ4v) is 4.35. The van der Waals surface area contributed by atoms with Gasteiger partial charge in [0.15, 0.2) is 5.78 Å². The Bertz CT molecular complexity index is 922. The maximum atomic E-state index is 13.7. The van der Waals surface area contributed by atoms with Crippen LogP contribution in [-0.4, -0.2) is 39.7 Å². The predicted molar refractivity (Wildman–Crippen MR) is 105 cm³/mol. The maximum absolute atomic E-state index is 13.7. The number of carbonyl (C=O) groups is 1. The van der Waals surface area contributed by atoms with Crippen molar-refractivity contribution in [2.75, 3.05) is 6.54 Å². The zero-order chi connectivity index (χ0) is 18.1. The highest BCUT2D eigenvalue weighted by Gasteiger charge is 2.49. The summed E-state index contributed by atoms with van der Waals surface area (Å²) in [6.45, 7) is 2.50. The third-order valence-electron chi connectivity index (χ3n) is 5.57. The second kappa shape index (κ2) is 6.74. The van der Waals surface area contributed by atoms with Crippen molar-refractivity contribution in [2.45, 2.75) is 31.6 Å². The van der Waals surface area contributed by atoms with Crippen LogP contribution in [0.3, 0.4) is 0 Å². The molecule has 2 heterocycles. The Labute approximate surface area is 154 Å². The number of ketones is 1. The Hall–Kier alpha value is -2.37. The highest BCUT2D eigenvalue weighted by molar-refractivity contribution is 6.46. The number of benzene rings is 2. The van der Waals surface area contributed by atoms with Crippen LogP contribution in [0.1, 0.15) is 28.8 Å². The van der Waals surface area contributed by atoms with E-state index in [1.807, 2.05) is 53.5 Å². The number of aromatic nitrogens is 1. The van der Waals surface area contributed by atoms with Crippen LogP contribution in [0, 0.1) is 0 Å². The van der Waals surface area contributed by atoms with Crippen LogP contribution in [-0.2, 0) is 6.42 Å². The first-order valence-corrected chi connectivity index (χ1v) is 9.21. The van der Waals surface area contributed by atoms with Crippen molar-refractivity contribution < 1.29 is 9.82 Å². The fraction of sp³-hybridized carbons (Fsp3) is 0.286. The molecule has 1 fully saturated rings. The van der Waals surface area contributed by atoms with Crippen LogP contribution in [0.2, 0.25) is 6.82 Å². The van der Waals surface area contributed by atoms with Crippen LogP contribution >= 0.6 is 0 Å². The largest absolute Gasteiger partial charge is 0.437 e. The average Bonchev–Trinajstić information content (AvgIpc) is 3.28. The Morgan fingerprint density at radius 1 is 1.23 bits per heavy atom. The van der Waals surface area contributed by atoms with Crippen molar-refractivity contribution >= 4 is 23.7 Å². The second-order valence-corrected chi connectivity index (χ2v) is 7.23. The van der Waals surface area contributed by atoms with Gasteiger partial charge in [-0.2, -0.15) is 0 Å². The van der Waals surface area contributed by atoms with E-state index in [2.05, 4.69) is 17.1 Å². The molecule has 2 aromatic carbocycles. The minimum absolute atomic E-state index is 0.0999. The Balaban J connectivity index is 1.77. The number of hydrogen-bond acceptors (Lipinski definition) is 3. The number of carbonyl (C=O) groups excluding carboxylic acids is 1. The zero-order valence-electron chi connectivity index (χ0n) is 15.0. The van der Waals surface area contributed by atoms with Gasteiger partial charge in [0.25, 0.3) is 0 Å². The van der Waals surface area contributed by atoms with E-state index in [9.17, 15) is 9.82 Å². The van der Waals surface area contributed by atoms with Crippen molar-refractivity contribution in [1.29, 1.82) is 0 Å². The summed E-state index contributed by atoms with van der Waals surface area (Å²) in [5, 5.41) is 11.4. The van der Waals surface area contributed by atoms with Gasteiger partial charge in [0.1, 0.15) is 0 Å². The molecule has 0 spiro atoms. The lowest BCUT2D eigenvalue weighted by atomic mass is 9.73. The lowest BCUT2D eigenvalue weighted by molar-refractivity contribution is 0.0769. The van der Waals surface area contributed by atoms with Crippen LogP contribution < -0.4 is 0 Å². The maximum Gasteiger partial charge on any atom is 0.377 e. The summed E-state index contributed by atoms with van der Waals surface area (Å²) in [6.07, 6.45) is 4.17. The summed E-state index contributed by atoms with van der Waals surface area (Å²) < 4.78 is 0. The quantitative estimate of drug-likeness (QED) is 0.549. The molecule has 0 aliphatic carbocycles. The number of rotatable bonds is 5. The zero-order valence-corrected chi connectivity index (χ0v) is 15.0. The summed E-state index contributed by atoms with van der Waals surface area (Å²) in [5.74, 6) is 0.0999. The first-order chi connectivity index (χ1) is 12.6. The van der Waals surface area contributed by atoms with E-state index >= 15 is 0 Å². The van der Waals surface area contributed by atoms with E-state index in [1.54, 1.807) is 6.82 Å². The Morgan fingerprint density at radius 3 is 2.81 bits per heavy atom. The molecule has 0 bridgehead atoms. The van der Waals surface area contributed by atoms with Crippen molar-refractivity contribution in [3.05, 3.63) is 71.9 Å². The number of fused-ring (bicyclic) bond motifs is 1.